The van der Waals surface area contributed by atoms with E-state index in [1.54, 1.807) is 9.80 Å². The van der Waals surface area contributed by atoms with Crippen molar-refractivity contribution in [2.45, 2.75) is 6.42 Å². The van der Waals surface area contributed by atoms with E-state index in [2.05, 4.69) is 10.6 Å². The molecule has 0 aromatic carbocycles. The van der Waals surface area contributed by atoms with E-state index in [9.17, 15) is 9.59 Å². The Balaban J connectivity index is 1.66. The molecular weight excluding hydrogens is 196 g/mol. The van der Waals surface area contributed by atoms with Crippen molar-refractivity contribution in [3.63, 3.8) is 0 Å². The van der Waals surface area contributed by atoms with Crippen LogP contribution >= 0.6 is 0 Å². The van der Waals surface area contributed by atoms with Crippen LogP contribution < -0.4 is 10.6 Å². The van der Waals surface area contributed by atoms with Crippen molar-refractivity contribution in [2.75, 3.05) is 39.3 Å². The molecule has 6 heteroatoms. The van der Waals surface area contributed by atoms with E-state index >= 15 is 0 Å². The minimum Gasteiger partial charge on any atom is -0.336 e. The summed E-state index contributed by atoms with van der Waals surface area (Å²) in [5, 5.41) is 5.50. The summed E-state index contributed by atoms with van der Waals surface area (Å²) in [7, 11) is 0. The van der Waals surface area contributed by atoms with Gasteiger partial charge in [0.2, 0.25) is 0 Å². The van der Waals surface area contributed by atoms with Crippen LogP contribution in [0.25, 0.3) is 0 Å². The first-order valence-corrected chi connectivity index (χ1v) is 5.33. The molecule has 2 aliphatic rings. The first kappa shape index (κ1) is 10.1. The Morgan fingerprint density at radius 3 is 1.73 bits per heavy atom. The summed E-state index contributed by atoms with van der Waals surface area (Å²) < 4.78 is 0. The van der Waals surface area contributed by atoms with E-state index in [1.165, 1.54) is 0 Å². The topological polar surface area (TPSA) is 64.7 Å². The molecule has 2 N–H and O–H groups in total. The minimum absolute atomic E-state index is 0.0147. The molecule has 0 spiro atoms. The zero-order chi connectivity index (χ0) is 10.7. The van der Waals surface area contributed by atoms with E-state index in [0.29, 0.717) is 0 Å². The molecule has 0 bridgehead atoms. The fourth-order valence-electron chi connectivity index (χ4n) is 1.90. The highest BCUT2D eigenvalue weighted by atomic mass is 16.2. The van der Waals surface area contributed by atoms with Gasteiger partial charge in [-0.15, -0.1) is 0 Å². The van der Waals surface area contributed by atoms with Gasteiger partial charge in [-0.05, 0) is 6.42 Å². The summed E-state index contributed by atoms with van der Waals surface area (Å²) in [6.45, 7) is 4.51. The SMILES string of the molecule is O=C1NCCN1CCCN1CCNC1=O. The average Bonchev–Trinajstić information content (AvgIpc) is 2.78. The number of carbonyl (C=O) groups is 2. The lowest BCUT2D eigenvalue weighted by molar-refractivity contribution is 0.207. The normalized spacial score (nSPS) is 20.8. The highest BCUT2D eigenvalue weighted by Gasteiger charge is 2.21. The number of carbonyl (C=O) groups excluding carboxylic acids is 2. The van der Waals surface area contributed by atoms with Crippen LogP contribution in [-0.4, -0.2) is 61.1 Å². The smallest absolute Gasteiger partial charge is 0.317 e. The molecule has 0 radical (unpaired) electrons. The van der Waals surface area contributed by atoms with Gasteiger partial charge in [0, 0.05) is 39.3 Å². The fraction of sp³-hybridized carbons (Fsp3) is 0.778. The largest absolute Gasteiger partial charge is 0.336 e. The zero-order valence-electron chi connectivity index (χ0n) is 8.66. The molecule has 0 atom stereocenters. The third kappa shape index (κ3) is 2.31. The highest BCUT2D eigenvalue weighted by molar-refractivity contribution is 5.76. The molecule has 2 heterocycles. The molecule has 15 heavy (non-hydrogen) atoms. The Kier molecular flexibility index (Phi) is 2.94. The van der Waals surface area contributed by atoms with Crippen LogP contribution in [0.1, 0.15) is 6.42 Å². The lowest BCUT2D eigenvalue weighted by Gasteiger charge is -2.17. The summed E-state index contributed by atoms with van der Waals surface area (Å²) in [4.78, 5) is 25.9. The van der Waals surface area contributed by atoms with Gasteiger partial charge in [0.05, 0.1) is 0 Å². The maximum Gasteiger partial charge on any atom is 0.317 e. The zero-order valence-corrected chi connectivity index (χ0v) is 8.66. The van der Waals surface area contributed by atoms with E-state index in [1.807, 2.05) is 0 Å². The van der Waals surface area contributed by atoms with Crippen molar-refractivity contribution in [1.82, 2.24) is 20.4 Å². The summed E-state index contributed by atoms with van der Waals surface area (Å²) >= 11 is 0. The fourth-order valence-corrected chi connectivity index (χ4v) is 1.90. The second kappa shape index (κ2) is 4.37. The molecule has 2 saturated heterocycles. The maximum absolute atomic E-state index is 11.2. The average molecular weight is 212 g/mol. The Labute approximate surface area is 88.6 Å². The summed E-state index contributed by atoms with van der Waals surface area (Å²) in [5.74, 6) is 0. The number of nitrogens with zero attached hydrogens (tertiary/aromatic N) is 2. The van der Waals surface area contributed by atoms with Crippen molar-refractivity contribution in [2.24, 2.45) is 0 Å². The molecule has 0 aromatic heterocycles. The van der Waals surface area contributed by atoms with Crippen molar-refractivity contribution in [3.8, 4) is 0 Å². The second-order valence-corrected chi connectivity index (χ2v) is 3.79. The molecule has 0 aliphatic carbocycles. The van der Waals surface area contributed by atoms with E-state index < -0.39 is 0 Å². The molecule has 6 nitrogen and oxygen atoms in total. The van der Waals surface area contributed by atoms with Crippen LogP contribution in [0.5, 0.6) is 0 Å². The monoisotopic (exact) mass is 212 g/mol. The first-order valence-electron chi connectivity index (χ1n) is 5.33. The molecule has 0 aromatic rings. The Morgan fingerprint density at radius 1 is 0.933 bits per heavy atom. The van der Waals surface area contributed by atoms with Gasteiger partial charge in [-0.3, -0.25) is 0 Å². The van der Waals surface area contributed by atoms with E-state index in [-0.39, 0.29) is 12.1 Å². The van der Waals surface area contributed by atoms with Crippen molar-refractivity contribution < 1.29 is 9.59 Å². The first-order chi connectivity index (χ1) is 7.27. The van der Waals surface area contributed by atoms with Gasteiger partial charge in [0.25, 0.3) is 0 Å². The number of urea groups is 2. The van der Waals surface area contributed by atoms with Crippen molar-refractivity contribution in [3.05, 3.63) is 0 Å². The second-order valence-electron chi connectivity index (χ2n) is 3.79. The molecular formula is C9H16N4O2. The Morgan fingerprint density at radius 2 is 1.40 bits per heavy atom. The van der Waals surface area contributed by atoms with Gasteiger partial charge < -0.3 is 20.4 Å². The number of nitrogens with one attached hydrogen (secondary N) is 2. The highest BCUT2D eigenvalue weighted by Crippen LogP contribution is 2.02. The predicted molar refractivity (Wildman–Crippen MR) is 54.6 cm³/mol. The lowest BCUT2D eigenvalue weighted by atomic mass is 10.3. The molecule has 2 fully saturated rings. The number of amides is 4. The van der Waals surface area contributed by atoms with Crippen molar-refractivity contribution in [1.29, 1.82) is 0 Å². The van der Waals surface area contributed by atoms with Gasteiger partial charge in [0.15, 0.2) is 0 Å². The van der Waals surface area contributed by atoms with Crippen molar-refractivity contribution >= 4 is 12.1 Å². The lowest BCUT2D eigenvalue weighted by Crippen LogP contribution is -2.33. The maximum atomic E-state index is 11.2. The minimum atomic E-state index is 0.0147. The van der Waals surface area contributed by atoms with Crippen LogP contribution in [0, 0.1) is 0 Å². The third-order valence-electron chi connectivity index (χ3n) is 2.75. The Hall–Kier alpha value is -1.46. The predicted octanol–water partition coefficient (Wildman–Crippen LogP) is -0.573. The number of hydrogen-bond acceptors (Lipinski definition) is 2. The molecule has 0 unspecified atom stereocenters. The third-order valence-corrected chi connectivity index (χ3v) is 2.75. The molecule has 2 rings (SSSR count). The quantitative estimate of drug-likeness (QED) is 0.655. The van der Waals surface area contributed by atoms with Gasteiger partial charge in [-0.1, -0.05) is 0 Å². The van der Waals surface area contributed by atoms with E-state index in [0.717, 1.165) is 45.7 Å². The van der Waals surface area contributed by atoms with Gasteiger partial charge in [-0.2, -0.15) is 0 Å². The van der Waals surface area contributed by atoms with Crippen LogP contribution in [-0.2, 0) is 0 Å². The van der Waals surface area contributed by atoms with Crippen LogP contribution in [0.2, 0.25) is 0 Å². The van der Waals surface area contributed by atoms with Gasteiger partial charge >= 0.3 is 12.1 Å². The summed E-state index contributed by atoms with van der Waals surface area (Å²) in [6.07, 6.45) is 0.848. The molecule has 0 saturated carbocycles. The standard InChI is InChI=1S/C9H16N4O2/c14-8-10-2-6-12(8)4-1-5-13-7-3-11-9(13)15/h1-7H2,(H,10,14)(H,11,15). The summed E-state index contributed by atoms with van der Waals surface area (Å²) in [5.41, 5.74) is 0. The van der Waals surface area contributed by atoms with Crippen LogP contribution in [0.4, 0.5) is 9.59 Å². The molecule has 84 valence electrons. The number of rotatable bonds is 4. The number of hydrogen-bond donors (Lipinski definition) is 2. The Bertz CT molecular complexity index is 243. The van der Waals surface area contributed by atoms with Gasteiger partial charge in [-0.25, -0.2) is 9.59 Å². The summed E-state index contributed by atoms with van der Waals surface area (Å²) in [6, 6.07) is 0.0294. The molecule has 4 amide bonds. The van der Waals surface area contributed by atoms with Crippen LogP contribution in [0.15, 0.2) is 0 Å². The van der Waals surface area contributed by atoms with E-state index in [4.69, 9.17) is 0 Å². The molecule has 2 aliphatic heterocycles. The van der Waals surface area contributed by atoms with Crippen LogP contribution in [0.3, 0.4) is 0 Å². The van der Waals surface area contributed by atoms with Gasteiger partial charge in [0.1, 0.15) is 0 Å².